The lowest BCUT2D eigenvalue weighted by molar-refractivity contribution is -0.213. The molecular weight excluding hydrogens is 466 g/mol. The molecule has 0 bridgehead atoms. The summed E-state index contributed by atoms with van der Waals surface area (Å²) in [6.45, 7) is 4.14. The highest BCUT2D eigenvalue weighted by atomic mass is 19.4. The molecule has 0 aromatic heterocycles. The Kier molecular flexibility index (Phi) is 6.60. The maximum atomic E-state index is 15.4. The van der Waals surface area contributed by atoms with Gasteiger partial charge in [-0.1, -0.05) is 13.8 Å². The Morgan fingerprint density at radius 2 is 1.68 bits per heavy atom. The number of carbonyl (C=O) groups excluding carboxylic acids is 2. The summed E-state index contributed by atoms with van der Waals surface area (Å²) in [5.41, 5.74) is -2.56. The van der Waals surface area contributed by atoms with Crippen molar-refractivity contribution in [2.45, 2.75) is 52.9 Å². The van der Waals surface area contributed by atoms with E-state index in [9.17, 15) is 31.5 Å². The molecule has 1 N–H and O–H groups in total. The van der Waals surface area contributed by atoms with Crippen LogP contribution in [0.2, 0.25) is 0 Å². The molecule has 1 atom stereocenters. The van der Waals surface area contributed by atoms with Crippen LogP contribution >= 0.6 is 0 Å². The molecule has 11 heteroatoms. The molecule has 34 heavy (non-hydrogen) atoms. The van der Waals surface area contributed by atoms with Gasteiger partial charge in [-0.25, -0.2) is 13.2 Å². The van der Waals surface area contributed by atoms with Crippen molar-refractivity contribution in [1.82, 2.24) is 0 Å². The van der Waals surface area contributed by atoms with E-state index in [0.29, 0.717) is 6.07 Å². The zero-order chi connectivity index (χ0) is 25.6. The number of hydrogen-bond donors (Lipinski definition) is 1. The normalized spacial score (nSPS) is 16.2. The molecule has 2 aromatic rings. The highest BCUT2D eigenvalue weighted by Gasteiger charge is 2.48. The number of halogens is 6. The Morgan fingerprint density at radius 1 is 1.09 bits per heavy atom. The SMILES string of the molecule is Cc1cc2c(c(F)c1NC(=O)CC(C)(C)C(F)(F)F)OC(C)C(=O)N2Cc1cc(F)cc(F)c1. The van der Waals surface area contributed by atoms with Gasteiger partial charge in [-0.2, -0.15) is 13.2 Å². The molecule has 5 nitrogen and oxygen atoms in total. The van der Waals surface area contributed by atoms with Crippen LogP contribution in [0.3, 0.4) is 0 Å². The third-order valence-corrected chi connectivity index (χ3v) is 5.50. The first kappa shape index (κ1) is 25.4. The van der Waals surface area contributed by atoms with Crippen molar-refractivity contribution >= 4 is 23.2 Å². The molecule has 0 saturated carbocycles. The summed E-state index contributed by atoms with van der Waals surface area (Å²) < 4.78 is 87.3. The van der Waals surface area contributed by atoms with Gasteiger partial charge in [0.15, 0.2) is 17.7 Å². The second-order valence-electron chi connectivity index (χ2n) is 8.80. The van der Waals surface area contributed by atoms with E-state index in [1.54, 1.807) is 0 Å². The molecule has 1 unspecified atom stereocenters. The summed E-state index contributed by atoms with van der Waals surface area (Å²) >= 11 is 0. The maximum Gasteiger partial charge on any atom is 0.394 e. The number of benzene rings is 2. The first-order valence-corrected chi connectivity index (χ1v) is 10.2. The van der Waals surface area contributed by atoms with Crippen molar-refractivity contribution in [1.29, 1.82) is 0 Å². The van der Waals surface area contributed by atoms with Crippen molar-refractivity contribution in [3.8, 4) is 5.75 Å². The number of rotatable bonds is 5. The standard InChI is InChI=1S/C23H22F6N2O3/c1-11-5-16-20(18(26)19(11)30-17(32)9-22(3,4)23(27,28)29)34-12(2)21(33)31(16)10-13-6-14(24)8-15(25)7-13/h5-8,12H,9-10H2,1-4H3,(H,30,32). The van der Waals surface area contributed by atoms with Crippen molar-refractivity contribution in [3.05, 3.63) is 52.8 Å². The number of ether oxygens (including phenoxy) is 1. The lowest BCUT2D eigenvalue weighted by Gasteiger charge is -2.34. The fourth-order valence-electron chi connectivity index (χ4n) is 3.51. The van der Waals surface area contributed by atoms with Crippen LogP contribution in [0.4, 0.5) is 37.7 Å². The Labute approximate surface area is 191 Å². The van der Waals surface area contributed by atoms with E-state index >= 15 is 4.39 Å². The van der Waals surface area contributed by atoms with Crippen molar-refractivity contribution in [2.75, 3.05) is 10.2 Å². The molecular formula is C23H22F6N2O3. The van der Waals surface area contributed by atoms with Gasteiger partial charge in [0.05, 0.1) is 23.3 Å². The number of nitrogens with one attached hydrogen (secondary N) is 1. The molecule has 0 saturated heterocycles. The molecule has 184 valence electrons. The maximum absolute atomic E-state index is 15.4. The van der Waals surface area contributed by atoms with Crippen molar-refractivity contribution in [2.24, 2.45) is 5.41 Å². The highest BCUT2D eigenvalue weighted by molar-refractivity contribution is 6.01. The smallest absolute Gasteiger partial charge is 0.394 e. The second kappa shape index (κ2) is 8.84. The molecule has 0 spiro atoms. The number of hydrogen-bond acceptors (Lipinski definition) is 3. The number of carbonyl (C=O) groups is 2. The minimum Gasteiger partial charge on any atom is -0.476 e. The first-order chi connectivity index (χ1) is 15.6. The minimum absolute atomic E-state index is 0.0450. The zero-order valence-electron chi connectivity index (χ0n) is 18.7. The summed E-state index contributed by atoms with van der Waals surface area (Å²) in [5, 5.41) is 2.17. The van der Waals surface area contributed by atoms with Crippen molar-refractivity contribution < 1.29 is 40.7 Å². The quantitative estimate of drug-likeness (QED) is 0.554. The van der Waals surface area contributed by atoms with Gasteiger partial charge < -0.3 is 15.0 Å². The van der Waals surface area contributed by atoms with Crippen LogP contribution in [0.15, 0.2) is 24.3 Å². The van der Waals surface area contributed by atoms with Crippen LogP contribution in [0.1, 0.15) is 38.3 Å². The van der Waals surface area contributed by atoms with E-state index in [4.69, 9.17) is 4.74 Å². The van der Waals surface area contributed by atoms with Crippen LogP contribution in [0.5, 0.6) is 5.75 Å². The van der Waals surface area contributed by atoms with E-state index in [1.807, 2.05) is 0 Å². The number of fused-ring (bicyclic) bond motifs is 1. The number of amides is 2. The largest absolute Gasteiger partial charge is 0.476 e. The molecule has 2 amide bonds. The Hall–Kier alpha value is -3.24. The lowest BCUT2D eigenvalue weighted by Crippen LogP contribution is -2.44. The van der Waals surface area contributed by atoms with Gasteiger partial charge in [-0.3, -0.25) is 9.59 Å². The number of anilines is 2. The van der Waals surface area contributed by atoms with Gasteiger partial charge >= 0.3 is 6.18 Å². The monoisotopic (exact) mass is 488 g/mol. The Bertz CT molecular complexity index is 1130. The van der Waals surface area contributed by atoms with E-state index < -0.39 is 59.1 Å². The predicted octanol–water partition coefficient (Wildman–Crippen LogP) is 5.64. The second-order valence-corrected chi connectivity index (χ2v) is 8.80. The average molecular weight is 488 g/mol. The molecule has 3 rings (SSSR count). The zero-order valence-corrected chi connectivity index (χ0v) is 18.7. The van der Waals surface area contributed by atoms with Gasteiger partial charge in [-0.15, -0.1) is 0 Å². The lowest BCUT2D eigenvalue weighted by atomic mass is 9.88. The van der Waals surface area contributed by atoms with E-state index in [-0.39, 0.29) is 29.0 Å². The topological polar surface area (TPSA) is 58.6 Å². The summed E-state index contributed by atoms with van der Waals surface area (Å²) in [5.74, 6) is -4.86. The van der Waals surface area contributed by atoms with Crippen LogP contribution in [-0.4, -0.2) is 24.1 Å². The summed E-state index contributed by atoms with van der Waals surface area (Å²) in [6, 6.07) is 4.02. The van der Waals surface area contributed by atoms with Crippen LogP contribution < -0.4 is 15.0 Å². The minimum atomic E-state index is -4.65. The van der Waals surface area contributed by atoms with Gasteiger partial charge in [0.25, 0.3) is 5.91 Å². The van der Waals surface area contributed by atoms with Crippen LogP contribution in [0, 0.1) is 29.8 Å². The fourth-order valence-corrected chi connectivity index (χ4v) is 3.51. The van der Waals surface area contributed by atoms with E-state index in [2.05, 4.69) is 5.32 Å². The summed E-state index contributed by atoms with van der Waals surface area (Å²) in [4.78, 5) is 26.1. The summed E-state index contributed by atoms with van der Waals surface area (Å²) in [7, 11) is 0. The number of alkyl halides is 3. The molecule has 1 heterocycles. The van der Waals surface area contributed by atoms with Gasteiger partial charge in [0.2, 0.25) is 5.91 Å². The molecule has 0 radical (unpaired) electrons. The third kappa shape index (κ3) is 4.97. The highest BCUT2D eigenvalue weighted by Crippen LogP contribution is 2.43. The van der Waals surface area contributed by atoms with Crippen LogP contribution in [-0.2, 0) is 16.1 Å². The van der Waals surface area contributed by atoms with Crippen LogP contribution in [0.25, 0.3) is 0 Å². The molecule has 1 aliphatic heterocycles. The Morgan fingerprint density at radius 3 is 2.24 bits per heavy atom. The van der Waals surface area contributed by atoms with E-state index in [0.717, 1.165) is 30.9 Å². The van der Waals surface area contributed by atoms with Crippen molar-refractivity contribution in [3.63, 3.8) is 0 Å². The summed E-state index contributed by atoms with van der Waals surface area (Å²) in [6.07, 6.45) is -6.76. The number of nitrogens with zero attached hydrogens (tertiary/aromatic N) is 1. The van der Waals surface area contributed by atoms with Gasteiger partial charge in [0, 0.05) is 12.5 Å². The van der Waals surface area contributed by atoms with E-state index in [1.165, 1.54) is 19.9 Å². The van der Waals surface area contributed by atoms with Gasteiger partial charge in [-0.05, 0) is 43.2 Å². The Balaban J connectivity index is 1.96. The fraction of sp³-hybridized carbons (Fsp3) is 0.391. The first-order valence-electron chi connectivity index (χ1n) is 10.2. The molecule has 0 fully saturated rings. The molecule has 1 aliphatic rings. The average Bonchev–Trinajstić information content (AvgIpc) is 2.68. The molecule has 0 aliphatic carbocycles. The van der Waals surface area contributed by atoms with Gasteiger partial charge in [0.1, 0.15) is 11.6 Å². The molecule has 2 aromatic carbocycles. The third-order valence-electron chi connectivity index (χ3n) is 5.50. The number of aryl methyl sites for hydroxylation is 1. The predicted molar refractivity (Wildman–Crippen MR) is 112 cm³/mol.